The third-order valence-corrected chi connectivity index (χ3v) is 1.52. The summed E-state index contributed by atoms with van der Waals surface area (Å²) in [4.78, 5) is 21.9. The molecule has 0 heterocycles. The second-order valence-corrected chi connectivity index (χ2v) is 2.50. The number of nitrogens with two attached hydrogens (primary N) is 1. The Morgan fingerprint density at radius 3 is 2.57 bits per heavy atom. The van der Waals surface area contributed by atoms with Gasteiger partial charge in [0, 0.05) is 6.54 Å². The van der Waals surface area contributed by atoms with Gasteiger partial charge in [-0.2, -0.15) is 0 Å². The van der Waals surface area contributed by atoms with E-state index in [-0.39, 0.29) is 13.1 Å². The monoisotopic (exact) mass is 204 g/mol. The fourth-order valence-corrected chi connectivity index (χ4v) is 0.824. The van der Waals surface area contributed by atoms with Crippen molar-refractivity contribution >= 4 is 11.9 Å². The van der Waals surface area contributed by atoms with Gasteiger partial charge < -0.3 is 15.2 Å². The van der Waals surface area contributed by atoms with Gasteiger partial charge in [0.05, 0.1) is 20.3 Å². The fourth-order valence-electron chi connectivity index (χ4n) is 0.824. The molecule has 0 aromatic heterocycles. The Morgan fingerprint density at radius 2 is 2.14 bits per heavy atom. The highest BCUT2D eigenvalue weighted by Gasteiger charge is 2.17. The first-order chi connectivity index (χ1) is 6.65. The Labute approximate surface area is 82.7 Å². The van der Waals surface area contributed by atoms with E-state index >= 15 is 0 Å². The van der Waals surface area contributed by atoms with E-state index in [4.69, 9.17) is 5.73 Å². The summed E-state index contributed by atoms with van der Waals surface area (Å²) in [6, 6.07) is -0.663. The van der Waals surface area contributed by atoms with Gasteiger partial charge >= 0.3 is 11.9 Å². The molecular formula is C8H16N2O4. The molecule has 0 amide bonds. The Bertz CT molecular complexity index is 196. The van der Waals surface area contributed by atoms with Crippen molar-refractivity contribution in [2.45, 2.75) is 13.0 Å². The largest absolute Gasteiger partial charge is 0.468 e. The summed E-state index contributed by atoms with van der Waals surface area (Å²) in [6.07, 6.45) is 0. The molecule has 1 atom stereocenters. The maximum absolute atomic E-state index is 11.0. The van der Waals surface area contributed by atoms with Crippen molar-refractivity contribution in [1.82, 2.24) is 5.32 Å². The van der Waals surface area contributed by atoms with Gasteiger partial charge in [-0.1, -0.05) is 0 Å². The van der Waals surface area contributed by atoms with Gasteiger partial charge in [0.25, 0.3) is 0 Å². The highest BCUT2D eigenvalue weighted by atomic mass is 16.5. The molecule has 0 aromatic rings. The molecule has 0 radical (unpaired) electrons. The van der Waals surface area contributed by atoms with Gasteiger partial charge in [0.1, 0.15) is 6.04 Å². The molecule has 14 heavy (non-hydrogen) atoms. The van der Waals surface area contributed by atoms with Gasteiger partial charge in [-0.25, -0.2) is 0 Å². The van der Waals surface area contributed by atoms with Crippen molar-refractivity contribution in [2.75, 3.05) is 26.8 Å². The van der Waals surface area contributed by atoms with Crippen LogP contribution in [0.4, 0.5) is 0 Å². The molecule has 6 nitrogen and oxygen atoms in total. The molecule has 0 rings (SSSR count). The molecule has 1 unspecified atom stereocenters. The summed E-state index contributed by atoms with van der Waals surface area (Å²) in [5.74, 6) is -0.911. The highest BCUT2D eigenvalue weighted by Crippen LogP contribution is 1.85. The van der Waals surface area contributed by atoms with Crippen LogP contribution < -0.4 is 11.1 Å². The van der Waals surface area contributed by atoms with Crippen molar-refractivity contribution < 1.29 is 19.1 Å². The van der Waals surface area contributed by atoms with Crippen LogP contribution in [0.1, 0.15) is 6.92 Å². The van der Waals surface area contributed by atoms with Gasteiger partial charge in [0.2, 0.25) is 0 Å². The number of methoxy groups -OCH3 is 1. The standard InChI is InChI=1S/C8H16N2O4/c1-3-14-7(11)5-10-6(4-9)8(12)13-2/h6,10H,3-5,9H2,1-2H3. The number of ether oxygens (including phenoxy) is 2. The smallest absolute Gasteiger partial charge is 0.324 e. The lowest BCUT2D eigenvalue weighted by Crippen LogP contribution is -2.45. The molecule has 0 aromatic carbocycles. The van der Waals surface area contributed by atoms with Crippen LogP contribution in [0.15, 0.2) is 0 Å². The molecule has 0 aliphatic rings. The summed E-state index contributed by atoms with van der Waals surface area (Å²) in [5, 5.41) is 2.63. The van der Waals surface area contributed by atoms with E-state index in [1.807, 2.05) is 0 Å². The number of nitrogens with one attached hydrogen (secondary N) is 1. The van der Waals surface area contributed by atoms with Crippen molar-refractivity contribution in [3.05, 3.63) is 0 Å². The maximum atomic E-state index is 11.0. The van der Waals surface area contributed by atoms with E-state index in [2.05, 4.69) is 14.8 Å². The van der Waals surface area contributed by atoms with E-state index in [0.717, 1.165) is 0 Å². The van der Waals surface area contributed by atoms with Crippen LogP contribution in [0.3, 0.4) is 0 Å². The highest BCUT2D eigenvalue weighted by molar-refractivity contribution is 5.77. The molecule has 0 aliphatic carbocycles. The third kappa shape index (κ3) is 4.78. The second kappa shape index (κ2) is 7.28. The number of hydrogen-bond acceptors (Lipinski definition) is 6. The quantitative estimate of drug-likeness (QED) is 0.519. The Balaban J connectivity index is 3.83. The molecule has 3 N–H and O–H groups in total. The fraction of sp³-hybridized carbons (Fsp3) is 0.750. The third-order valence-electron chi connectivity index (χ3n) is 1.52. The van der Waals surface area contributed by atoms with E-state index in [1.54, 1.807) is 6.92 Å². The zero-order chi connectivity index (χ0) is 11.0. The van der Waals surface area contributed by atoms with Crippen LogP contribution >= 0.6 is 0 Å². The van der Waals surface area contributed by atoms with Gasteiger partial charge in [-0.15, -0.1) is 0 Å². The summed E-state index contributed by atoms with van der Waals surface area (Å²) in [6.45, 7) is 2.04. The van der Waals surface area contributed by atoms with Crippen LogP contribution in [0, 0.1) is 0 Å². The minimum absolute atomic E-state index is 0.0508. The number of esters is 2. The van der Waals surface area contributed by atoms with Gasteiger partial charge in [-0.05, 0) is 6.92 Å². The molecule has 0 saturated heterocycles. The topological polar surface area (TPSA) is 90.6 Å². The average molecular weight is 204 g/mol. The number of hydrogen-bond donors (Lipinski definition) is 2. The molecule has 0 spiro atoms. The zero-order valence-electron chi connectivity index (χ0n) is 8.41. The minimum atomic E-state index is -0.663. The minimum Gasteiger partial charge on any atom is -0.468 e. The maximum Gasteiger partial charge on any atom is 0.324 e. The molecule has 6 heteroatoms. The van der Waals surface area contributed by atoms with Gasteiger partial charge in [0.15, 0.2) is 0 Å². The van der Waals surface area contributed by atoms with Crippen molar-refractivity contribution in [2.24, 2.45) is 5.73 Å². The summed E-state index contributed by atoms with van der Waals surface area (Å²) >= 11 is 0. The van der Waals surface area contributed by atoms with E-state index in [1.165, 1.54) is 7.11 Å². The molecule has 0 saturated carbocycles. The lowest BCUT2D eigenvalue weighted by Gasteiger charge is -2.13. The normalized spacial score (nSPS) is 11.9. The predicted octanol–water partition coefficient (Wildman–Crippen LogP) is -1.36. The Kier molecular flexibility index (Phi) is 6.69. The first kappa shape index (κ1) is 12.9. The SMILES string of the molecule is CCOC(=O)CNC(CN)C(=O)OC. The average Bonchev–Trinajstić information content (AvgIpc) is 2.18. The van der Waals surface area contributed by atoms with Crippen molar-refractivity contribution in [1.29, 1.82) is 0 Å². The summed E-state index contributed by atoms with van der Waals surface area (Å²) in [7, 11) is 1.26. The van der Waals surface area contributed by atoms with Crippen LogP contribution in [0.5, 0.6) is 0 Å². The first-order valence-electron chi connectivity index (χ1n) is 4.32. The molecule has 0 fully saturated rings. The van der Waals surface area contributed by atoms with E-state index < -0.39 is 18.0 Å². The predicted molar refractivity (Wildman–Crippen MR) is 49.5 cm³/mol. The Morgan fingerprint density at radius 1 is 1.50 bits per heavy atom. The van der Waals surface area contributed by atoms with Crippen LogP contribution in [-0.4, -0.2) is 44.8 Å². The van der Waals surface area contributed by atoms with Gasteiger partial charge in [-0.3, -0.25) is 14.9 Å². The van der Waals surface area contributed by atoms with Crippen LogP contribution in [0.25, 0.3) is 0 Å². The number of rotatable bonds is 6. The van der Waals surface area contributed by atoms with Crippen LogP contribution in [0.2, 0.25) is 0 Å². The summed E-state index contributed by atoms with van der Waals surface area (Å²) in [5.41, 5.74) is 5.29. The van der Waals surface area contributed by atoms with E-state index in [9.17, 15) is 9.59 Å². The van der Waals surface area contributed by atoms with E-state index in [0.29, 0.717) is 6.61 Å². The molecule has 82 valence electrons. The summed E-state index contributed by atoms with van der Waals surface area (Å²) < 4.78 is 9.12. The molecular weight excluding hydrogens is 188 g/mol. The number of carbonyl (C=O) groups excluding carboxylic acids is 2. The van der Waals surface area contributed by atoms with Crippen molar-refractivity contribution in [3.8, 4) is 0 Å². The zero-order valence-corrected chi connectivity index (χ0v) is 8.41. The Hall–Kier alpha value is -1.14. The number of carbonyl (C=O) groups is 2. The lowest BCUT2D eigenvalue weighted by atomic mass is 10.3. The second-order valence-electron chi connectivity index (χ2n) is 2.50. The van der Waals surface area contributed by atoms with Crippen LogP contribution in [-0.2, 0) is 19.1 Å². The first-order valence-corrected chi connectivity index (χ1v) is 4.32. The molecule has 0 aliphatic heterocycles. The lowest BCUT2D eigenvalue weighted by molar-refractivity contribution is -0.144. The molecule has 0 bridgehead atoms. The van der Waals surface area contributed by atoms with Crippen molar-refractivity contribution in [3.63, 3.8) is 0 Å².